The Labute approximate surface area is 170 Å². The monoisotopic (exact) mass is 395 g/mol. The molecular weight excluding hydrogens is 370 g/mol. The summed E-state index contributed by atoms with van der Waals surface area (Å²) in [5.41, 5.74) is 5.48. The van der Waals surface area contributed by atoms with Gasteiger partial charge >= 0.3 is 0 Å². The first-order valence-electron chi connectivity index (χ1n) is 9.85. The van der Waals surface area contributed by atoms with Gasteiger partial charge in [0, 0.05) is 29.2 Å². The maximum absolute atomic E-state index is 12.7. The number of piperidine rings is 1. The van der Waals surface area contributed by atoms with Gasteiger partial charge in [0.1, 0.15) is 0 Å². The number of H-pyrrole nitrogens is 1. The molecule has 3 aromatic rings. The number of benzene rings is 2. The van der Waals surface area contributed by atoms with Crippen molar-refractivity contribution in [1.82, 2.24) is 15.2 Å². The zero-order chi connectivity index (χ0) is 19.7. The molecule has 2 aromatic carbocycles. The third kappa shape index (κ3) is 3.80. The molecule has 1 atom stereocenters. The third-order valence-electron chi connectivity index (χ3n) is 5.72. The Balaban J connectivity index is 1.61. The first kappa shape index (κ1) is 19.0. The lowest BCUT2D eigenvalue weighted by Gasteiger charge is -2.28. The van der Waals surface area contributed by atoms with Crippen molar-refractivity contribution in [2.45, 2.75) is 26.3 Å². The predicted molar refractivity (Wildman–Crippen MR) is 116 cm³/mol. The Kier molecular flexibility index (Phi) is 5.42. The first-order chi connectivity index (χ1) is 13.5. The van der Waals surface area contributed by atoms with Gasteiger partial charge in [-0.3, -0.25) is 4.79 Å². The fourth-order valence-corrected chi connectivity index (χ4v) is 4.44. The molecule has 2 heterocycles. The highest BCUT2D eigenvalue weighted by molar-refractivity contribution is 6.31. The Bertz CT molecular complexity index is 996. The number of halogens is 1. The van der Waals surface area contributed by atoms with Gasteiger partial charge in [-0.2, -0.15) is 0 Å². The Hall–Kier alpha value is -2.30. The molecule has 1 amide bonds. The number of hydrogen-bond acceptors (Lipinski definition) is 2. The van der Waals surface area contributed by atoms with E-state index >= 15 is 0 Å². The molecule has 1 saturated heterocycles. The van der Waals surface area contributed by atoms with Crippen LogP contribution in [0.4, 0.5) is 0 Å². The number of hydrogen-bond donors (Lipinski definition) is 2. The largest absolute Gasteiger partial charge is 0.354 e. The van der Waals surface area contributed by atoms with E-state index in [1.165, 1.54) is 5.56 Å². The molecular formula is C23H26ClN3O. The second-order valence-electron chi connectivity index (χ2n) is 7.80. The van der Waals surface area contributed by atoms with Gasteiger partial charge in [-0.15, -0.1) is 0 Å². The third-order valence-corrected chi connectivity index (χ3v) is 5.94. The summed E-state index contributed by atoms with van der Waals surface area (Å²) >= 11 is 6.40. The van der Waals surface area contributed by atoms with Crippen LogP contribution in [0.2, 0.25) is 5.02 Å². The lowest BCUT2D eigenvalue weighted by atomic mass is 9.97. The zero-order valence-electron chi connectivity index (χ0n) is 16.4. The maximum atomic E-state index is 12.7. The molecule has 0 radical (unpaired) electrons. The average Bonchev–Trinajstić information content (AvgIpc) is 3.03. The minimum Gasteiger partial charge on any atom is -0.354 e. The molecule has 0 saturated carbocycles. The quantitative estimate of drug-likeness (QED) is 0.669. The van der Waals surface area contributed by atoms with E-state index in [4.69, 9.17) is 11.6 Å². The van der Waals surface area contributed by atoms with Gasteiger partial charge < -0.3 is 15.2 Å². The van der Waals surface area contributed by atoms with Crippen LogP contribution >= 0.6 is 11.6 Å². The summed E-state index contributed by atoms with van der Waals surface area (Å²) in [6.45, 7) is 4.49. The SMILES string of the molecule is Cc1c(-c2ccccc2)[nH]c2c(CNC(=O)[C@@H]3CCCN(C)C3)cc(Cl)cc12. The minimum absolute atomic E-state index is 0.0682. The molecule has 28 heavy (non-hydrogen) atoms. The summed E-state index contributed by atoms with van der Waals surface area (Å²) in [6, 6.07) is 14.2. The van der Waals surface area contributed by atoms with E-state index in [9.17, 15) is 4.79 Å². The number of fused-ring (bicyclic) bond motifs is 1. The summed E-state index contributed by atoms with van der Waals surface area (Å²) in [6.07, 6.45) is 2.03. The van der Waals surface area contributed by atoms with E-state index in [0.717, 1.165) is 53.7 Å². The van der Waals surface area contributed by atoms with Gasteiger partial charge in [-0.1, -0.05) is 41.9 Å². The standard InChI is InChI=1S/C23H26ClN3O/c1-15-20-12-19(24)11-18(13-25-23(28)17-9-6-10-27(2)14-17)22(20)26-21(15)16-7-4-3-5-8-16/h3-5,7-8,11-12,17,26H,6,9-10,13-14H2,1-2H3,(H,25,28)/t17-/m1/s1. The van der Waals surface area contributed by atoms with Gasteiger partial charge in [-0.25, -0.2) is 0 Å². The van der Waals surface area contributed by atoms with Crippen molar-refractivity contribution in [1.29, 1.82) is 0 Å². The molecule has 0 aliphatic carbocycles. The van der Waals surface area contributed by atoms with E-state index in [2.05, 4.69) is 41.3 Å². The fourth-order valence-electron chi connectivity index (χ4n) is 4.20. The summed E-state index contributed by atoms with van der Waals surface area (Å²) in [4.78, 5) is 18.4. The highest BCUT2D eigenvalue weighted by Gasteiger charge is 2.24. The number of aryl methyl sites for hydroxylation is 1. The highest BCUT2D eigenvalue weighted by Crippen LogP contribution is 2.33. The van der Waals surface area contributed by atoms with Crippen LogP contribution in [0.25, 0.3) is 22.2 Å². The number of carbonyl (C=O) groups is 1. The summed E-state index contributed by atoms with van der Waals surface area (Å²) in [5, 5.41) is 4.93. The summed E-state index contributed by atoms with van der Waals surface area (Å²) in [7, 11) is 2.08. The number of aromatic amines is 1. The highest BCUT2D eigenvalue weighted by atomic mass is 35.5. The number of rotatable bonds is 4. The Morgan fingerprint density at radius 1 is 1.29 bits per heavy atom. The van der Waals surface area contributed by atoms with E-state index < -0.39 is 0 Å². The molecule has 5 heteroatoms. The molecule has 4 nitrogen and oxygen atoms in total. The van der Waals surface area contributed by atoms with Gasteiger partial charge in [0.05, 0.1) is 11.4 Å². The number of nitrogens with zero attached hydrogens (tertiary/aromatic N) is 1. The van der Waals surface area contributed by atoms with Gasteiger partial charge in [0.15, 0.2) is 0 Å². The van der Waals surface area contributed by atoms with E-state index in [1.54, 1.807) is 0 Å². The van der Waals surface area contributed by atoms with Crippen molar-refractivity contribution >= 4 is 28.4 Å². The van der Waals surface area contributed by atoms with Gasteiger partial charge in [0.25, 0.3) is 0 Å². The lowest BCUT2D eigenvalue weighted by Crippen LogP contribution is -2.41. The lowest BCUT2D eigenvalue weighted by molar-refractivity contribution is -0.126. The van der Waals surface area contributed by atoms with Gasteiger partial charge in [0.2, 0.25) is 5.91 Å². The molecule has 0 unspecified atom stereocenters. The smallest absolute Gasteiger partial charge is 0.224 e. The zero-order valence-corrected chi connectivity index (χ0v) is 17.1. The molecule has 1 aromatic heterocycles. The molecule has 1 aliphatic rings. The van der Waals surface area contributed by atoms with Crippen LogP contribution in [0.15, 0.2) is 42.5 Å². The summed E-state index contributed by atoms with van der Waals surface area (Å²) < 4.78 is 0. The molecule has 2 N–H and O–H groups in total. The maximum Gasteiger partial charge on any atom is 0.224 e. The molecule has 146 valence electrons. The van der Waals surface area contributed by atoms with Crippen LogP contribution in [-0.4, -0.2) is 35.9 Å². The van der Waals surface area contributed by atoms with Crippen molar-refractivity contribution in [3.8, 4) is 11.3 Å². The number of amides is 1. The number of nitrogens with one attached hydrogen (secondary N) is 2. The molecule has 4 rings (SSSR count). The summed E-state index contributed by atoms with van der Waals surface area (Å²) in [5.74, 6) is 0.199. The van der Waals surface area contributed by atoms with Crippen LogP contribution in [0, 0.1) is 12.8 Å². The van der Waals surface area contributed by atoms with Crippen LogP contribution < -0.4 is 5.32 Å². The first-order valence-corrected chi connectivity index (χ1v) is 10.2. The Morgan fingerprint density at radius 3 is 2.82 bits per heavy atom. The van der Waals surface area contributed by atoms with Crippen molar-refractivity contribution in [3.05, 3.63) is 58.6 Å². The normalized spacial score (nSPS) is 17.8. The second-order valence-corrected chi connectivity index (χ2v) is 8.23. The average molecular weight is 396 g/mol. The minimum atomic E-state index is 0.0682. The van der Waals surface area contributed by atoms with Crippen molar-refractivity contribution in [2.24, 2.45) is 5.92 Å². The van der Waals surface area contributed by atoms with E-state index in [0.29, 0.717) is 11.6 Å². The molecule has 0 spiro atoms. The molecule has 1 aliphatic heterocycles. The van der Waals surface area contributed by atoms with Crippen molar-refractivity contribution in [2.75, 3.05) is 20.1 Å². The van der Waals surface area contributed by atoms with Gasteiger partial charge in [-0.05, 0) is 62.2 Å². The predicted octanol–water partition coefficient (Wildman–Crippen LogP) is 4.75. The molecule has 0 bridgehead atoms. The van der Waals surface area contributed by atoms with Crippen LogP contribution in [0.1, 0.15) is 24.0 Å². The fraction of sp³-hybridized carbons (Fsp3) is 0.348. The molecule has 1 fully saturated rings. The van der Waals surface area contributed by atoms with Crippen LogP contribution in [0.5, 0.6) is 0 Å². The topological polar surface area (TPSA) is 48.1 Å². The van der Waals surface area contributed by atoms with Crippen LogP contribution in [-0.2, 0) is 11.3 Å². The van der Waals surface area contributed by atoms with Crippen LogP contribution in [0.3, 0.4) is 0 Å². The number of carbonyl (C=O) groups excluding carboxylic acids is 1. The number of aromatic nitrogens is 1. The van der Waals surface area contributed by atoms with E-state index in [-0.39, 0.29) is 11.8 Å². The Morgan fingerprint density at radius 2 is 2.07 bits per heavy atom. The van der Waals surface area contributed by atoms with Crippen molar-refractivity contribution in [3.63, 3.8) is 0 Å². The second kappa shape index (κ2) is 7.98. The van der Waals surface area contributed by atoms with E-state index in [1.807, 2.05) is 30.3 Å². The number of likely N-dealkylation sites (tertiary alicyclic amines) is 1. The van der Waals surface area contributed by atoms with Crippen molar-refractivity contribution < 1.29 is 4.79 Å².